The van der Waals surface area contributed by atoms with Gasteiger partial charge in [-0.2, -0.15) is 0 Å². The summed E-state index contributed by atoms with van der Waals surface area (Å²) in [6.07, 6.45) is 3.86. The number of nitrogens with one attached hydrogen (secondary N) is 1. The maximum Gasteiger partial charge on any atom is 0.253 e. The first-order valence-corrected chi connectivity index (χ1v) is 8.08. The van der Waals surface area contributed by atoms with Crippen molar-refractivity contribution in [3.8, 4) is 0 Å². The second-order valence-corrected chi connectivity index (χ2v) is 6.28. The van der Waals surface area contributed by atoms with Crippen molar-refractivity contribution in [2.45, 2.75) is 38.7 Å². The summed E-state index contributed by atoms with van der Waals surface area (Å²) < 4.78 is 13.2. The molecule has 0 aliphatic heterocycles. The lowest BCUT2D eigenvalue weighted by molar-refractivity contribution is 0.0840. The molecule has 23 heavy (non-hydrogen) atoms. The van der Waals surface area contributed by atoms with Crippen molar-refractivity contribution in [3.63, 3.8) is 0 Å². The van der Waals surface area contributed by atoms with Crippen molar-refractivity contribution in [2.24, 2.45) is 5.92 Å². The maximum atomic E-state index is 13.2. The number of nitrogens with zero attached hydrogens (tertiary/aromatic N) is 1. The standard InChI is InChI=1S/C18H21FN2O2/c1-11-15(8-13-6-7-14(19)9-16(13)21-11)18(23)20-10-17(22)12-4-2-3-5-12/h6-9,12,17,22H,2-5,10H2,1H3,(H,20,23). The van der Waals surface area contributed by atoms with Crippen molar-refractivity contribution in [2.75, 3.05) is 6.54 Å². The van der Waals surface area contributed by atoms with Gasteiger partial charge in [0, 0.05) is 18.0 Å². The maximum absolute atomic E-state index is 13.2. The largest absolute Gasteiger partial charge is 0.391 e. The second-order valence-electron chi connectivity index (χ2n) is 6.28. The summed E-state index contributed by atoms with van der Waals surface area (Å²) in [4.78, 5) is 16.7. The van der Waals surface area contributed by atoms with Gasteiger partial charge in [0.05, 0.1) is 22.9 Å². The van der Waals surface area contributed by atoms with Crippen LogP contribution in [0.2, 0.25) is 0 Å². The van der Waals surface area contributed by atoms with E-state index in [1.807, 2.05) is 0 Å². The van der Waals surface area contributed by atoms with Gasteiger partial charge in [-0.1, -0.05) is 12.8 Å². The fraction of sp³-hybridized carbons (Fsp3) is 0.444. The number of aromatic nitrogens is 1. The molecule has 2 N–H and O–H groups in total. The Morgan fingerprint density at radius 2 is 2.13 bits per heavy atom. The predicted octanol–water partition coefficient (Wildman–Crippen LogP) is 2.96. The molecule has 1 aliphatic rings. The van der Waals surface area contributed by atoms with Crippen LogP contribution in [0.3, 0.4) is 0 Å². The smallest absolute Gasteiger partial charge is 0.253 e. The third kappa shape index (κ3) is 3.50. The number of halogens is 1. The van der Waals surface area contributed by atoms with Crippen molar-refractivity contribution < 1.29 is 14.3 Å². The van der Waals surface area contributed by atoms with E-state index in [9.17, 15) is 14.3 Å². The highest BCUT2D eigenvalue weighted by Crippen LogP contribution is 2.27. The molecule has 1 saturated carbocycles. The molecule has 0 spiro atoms. The molecule has 3 rings (SSSR count). The monoisotopic (exact) mass is 316 g/mol. The molecule has 0 saturated heterocycles. The van der Waals surface area contributed by atoms with E-state index >= 15 is 0 Å². The quantitative estimate of drug-likeness (QED) is 0.911. The van der Waals surface area contributed by atoms with E-state index in [2.05, 4.69) is 10.3 Å². The summed E-state index contributed by atoms with van der Waals surface area (Å²) in [5.41, 5.74) is 1.55. The minimum Gasteiger partial charge on any atom is -0.391 e. The van der Waals surface area contributed by atoms with Gasteiger partial charge in [0.15, 0.2) is 0 Å². The fourth-order valence-corrected chi connectivity index (χ4v) is 3.27. The average molecular weight is 316 g/mol. The number of hydrogen-bond acceptors (Lipinski definition) is 3. The highest BCUT2D eigenvalue weighted by molar-refractivity contribution is 5.98. The number of rotatable bonds is 4. The molecular formula is C18H21FN2O2. The van der Waals surface area contributed by atoms with Gasteiger partial charge in [-0.3, -0.25) is 9.78 Å². The van der Waals surface area contributed by atoms with E-state index in [0.29, 0.717) is 16.8 Å². The molecule has 1 aliphatic carbocycles. The van der Waals surface area contributed by atoms with Gasteiger partial charge in [0.25, 0.3) is 5.91 Å². The summed E-state index contributed by atoms with van der Waals surface area (Å²) in [6, 6.07) is 6.04. The summed E-state index contributed by atoms with van der Waals surface area (Å²) >= 11 is 0. The second kappa shape index (κ2) is 6.62. The molecule has 5 heteroatoms. The fourth-order valence-electron chi connectivity index (χ4n) is 3.27. The summed E-state index contributed by atoms with van der Waals surface area (Å²) in [7, 11) is 0. The zero-order valence-electron chi connectivity index (χ0n) is 13.2. The SMILES string of the molecule is Cc1nc2cc(F)ccc2cc1C(=O)NCC(O)C1CCCC1. The molecule has 2 aromatic rings. The first-order chi connectivity index (χ1) is 11.0. The van der Waals surface area contributed by atoms with Gasteiger partial charge < -0.3 is 10.4 Å². The first-order valence-electron chi connectivity index (χ1n) is 8.08. The van der Waals surface area contributed by atoms with Crippen LogP contribution in [0, 0.1) is 18.7 Å². The lowest BCUT2D eigenvalue weighted by atomic mass is 10.0. The minimum atomic E-state index is -0.496. The van der Waals surface area contributed by atoms with E-state index < -0.39 is 6.10 Å². The van der Waals surface area contributed by atoms with E-state index in [-0.39, 0.29) is 24.2 Å². The van der Waals surface area contributed by atoms with Crippen LogP contribution in [0.5, 0.6) is 0 Å². The molecule has 4 nitrogen and oxygen atoms in total. The first kappa shape index (κ1) is 15.9. The Hall–Kier alpha value is -2.01. The normalized spacial score (nSPS) is 16.7. The Kier molecular flexibility index (Phi) is 4.57. The zero-order valence-corrected chi connectivity index (χ0v) is 13.2. The van der Waals surface area contributed by atoms with Crippen LogP contribution in [0.25, 0.3) is 10.9 Å². The van der Waals surface area contributed by atoms with Crippen molar-refractivity contribution in [1.29, 1.82) is 0 Å². The number of amides is 1. The van der Waals surface area contributed by atoms with Crippen LogP contribution in [-0.2, 0) is 0 Å². The van der Waals surface area contributed by atoms with Crippen molar-refractivity contribution in [1.82, 2.24) is 10.3 Å². The number of aryl methyl sites for hydroxylation is 1. The topological polar surface area (TPSA) is 62.2 Å². The highest BCUT2D eigenvalue weighted by atomic mass is 19.1. The van der Waals surface area contributed by atoms with E-state index in [4.69, 9.17) is 0 Å². The van der Waals surface area contributed by atoms with Gasteiger partial charge in [-0.05, 0) is 43.9 Å². The molecule has 1 heterocycles. The van der Waals surface area contributed by atoms with Crippen molar-refractivity contribution >= 4 is 16.8 Å². The third-order valence-electron chi connectivity index (χ3n) is 4.63. The number of benzene rings is 1. The Morgan fingerprint density at radius 1 is 1.39 bits per heavy atom. The third-order valence-corrected chi connectivity index (χ3v) is 4.63. The van der Waals surface area contributed by atoms with Crippen LogP contribution >= 0.6 is 0 Å². The summed E-state index contributed by atoms with van der Waals surface area (Å²) in [5, 5.41) is 13.7. The van der Waals surface area contributed by atoms with Crippen LogP contribution in [0.1, 0.15) is 41.7 Å². The van der Waals surface area contributed by atoms with Gasteiger partial charge in [0.2, 0.25) is 0 Å². The zero-order chi connectivity index (χ0) is 16.4. The summed E-state index contributed by atoms with van der Waals surface area (Å²) in [6.45, 7) is 1.98. The van der Waals surface area contributed by atoms with Gasteiger partial charge in [0.1, 0.15) is 5.82 Å². The lowest BCUT2D eigenvalue weighted by Gasteiger charge is -2.18. The molecule has 1 aromatic heterocycles. The van der Waals surface area contributed by atoms with Crippen LogP contribution in [-0.4, -0.2) is 28.6 Å². The molecule has 1 unspecified atom stereocenters. The van der Waals surface area contributed by atoms with E-state index in [1.54, 1.807) is 19.1 Å². The Labute approximate surface area is 134 Å². The molecule has 0 radical (unpaired) electrons. The minimum absolute atomic E-state index is 0.252. The predicted molar refractivity (Wildman–Crippen MR) is 86.7 cm³/mol. The summed E-state index contributed by atoms with van der Waals surface area (Å²) in [5.74, 6) is -0.311. The molecule has 1 aromatic carbocycles. The molecule has 1 fully saturated rings. The average Bonchev–Trinajstić information content (AvgIpc) is 3.06. The van der Waals surface area contributed by atoms with Crippen LogP contribution in [0.15, 0.2) is 24.3 Å². The number of aliphatic hydroxyl groups is 1. The Bertz CT molecular complexity index is 726. The van der Waals surface area contributed by atoms with E-state index in [1.165, 1.54) is 12.1 Å². The molecule has 1 amide bonds. The number of hydrogen-bond donors (Lipinski definition) is 2. The molecule has 0 bridgehead atoms. The number of carbonyl (C=O) groups is 1. The van der Waals surface area contributed by atoms with Gasteiger partial charge >= 0.3 is 0 Å². The highest BCUT2D eigenvalue weighted by Gasteiger charge is 2.23. The Balaban J connectivity index is 1.72. The Morgan fingerprint density at radius 3 is 2.87 bits per heavy atom. The van der Waals surface area contributed by atoms with E-state index in [0.717, 1.165) is 31.1 Å². The van der Waals surface area contributed by atoms with Crippen LogP contribution < -0.4 is 5.32 Å². The van der Waals surface area contributed by atoms with Crippen molar-refractivity contribution in [3.05, 3.63) is 41.3 Å². The number of carbonyl (C=O) groups excluding carboxylic acids is 1. The lowest BCUT2D eigenvalue weighted by Crippen LogP contribution is -2.36. The molecule has 122 valence electrons. The van der Waals surface area contributed by atoms with Gasteiger partial charge in [-0.15, -0.1) is 0 Å². The molecular weight excluding hydrogens is 295 g/mol. The number of fused-ring (bicyclic) bond motifs is 1. The van der Waals surface area contributed by atoms with Gasteiger partial charge in [-0.25, -0.2) is 4.39 Å². The number of pyridine rings is 1. The number of aliphatic hydroxyl groups excluding tert-OH is 1. The molecule has 1 atom stereocenters. The van der Waals surface area contributed by atoms with Crippen LogP contribution in [0.4, 0.5) is 4.39 Å².